The average Bonchev–Trinajstić information content (AvgIpc) is 2.98. The SMILES string of the molecule is N#CC1(c2ccc(C3CN(C(=O)CC[C@@H]4COC(=O)C4)C3)cn2)CCC1. The first-order valence-electron chi connectivity index (χ1n) is 9.41. The van der Waals surface area contributed by atoms with Gasteiger partial charge in [0.1, 0.15) is 0 Å². The van der Waals surface area contributed by atoms with Crippen LogP contribution in [0.15, 0.2) is 18.3 Å². The second-order valence-corrected chi connectivity index (χ2v) is 7.81. The van der Waals surface area contributed by atoms with Crippen molar-refractivity contribution in [3.63, 3.8) is 0 Å². The van der Waals surface area contributed by atoms with Crippen LogP contribution in [-0.4, -0.2) is 41.5 Å². The predicted molar refractivity (Wildman–Crippen MR) is 93.0 cm³/mol. The standard InChI is InChI=1S/C20H23N3O3/c21-13-20(6-1-7-20)17-4-3-15(9-22-17)16-10-23(11-16)18(24)5-2-14-8-19(25)26-12-14/h3-4,9,14,16H,1-2,5-8,10-12H2/t14-/m0/s1. The number of carbonyl (C=O) groups is 2. The Morgan fingerprint density at radius 2 is 2.19 bits per heavy atom. The van der Waals surface area contributed by atoms with Crippen LogP contribution in [0.25, 0.3) is 0 Å². The molecule has 0 aromatic carbocycles. The maximum atomic E-state index is 12.3. The van der Waals surface area contributed by atoms with Gasteiger partial charge < -0.3 is 9.64 Å². The number of likely N-dealkylation sites (tertiary alicyclic amines) is 1. The zero-order valence-corrected chi connectivity index (χ0v) is 14.8. The van der Waals surface area contributed by atoms with E-state index in [4.69, 9.17) is 4.74 Å². The molecule has 0 radical (unpaired) electrons. The summed E-state index contributed by atoms with van der Waals surface area (Å²) in [6.07, 6.45) is 6.42. The van der Waals surface area contributed by atoms with Crippen molar-refractivity contribution < 1.29 is 14.3 Å². The molecule has 2 aliphatic heterocycles. The van der Waals surface area contributed by atoms with E-state index in [1.165, 1.54) is 0 Å². The van der Waals surface area contributed by atoms with Gasteiger partial charge in [-0.1, -0.05) is 6.07 Å². The lowest BCUT2D eigenvalue weighted by Gasteiger charge is -2.40. The molecule has 6 heteroatoms. The molecule has 26 heavy (non-hydrogen) atoms. The first kappa shape index (κ1) is 17.0. The number of hydrogen-bond acceptors (Lipinski definition) is 5. The molecule has 136 valence electrons. The molecule has 1 aromatic rings. The Bertz CT molecular complexity index is 743. The normalized spacial score (nSPS) is 24.3. The molecule has 0 spiro atoms. The molecule has 3 fully saturated rings. The molecule has 3 aliphatic rings. The van der Waals surface area contributed by atoms with Gasteiger partial charge >= 0.3 is 5.97 Å². The first-order chi connectivity index (χ1) is 12.6. The van der Waals surface area contributed by atoms with Crippen molar-refractivity contribution in [2.24, 2.45) is 5.92 Å². The monoisotopic (exact) mass is 353 g/mol. The zero-order valence-electron chi connectivity index (χ0n) is 14.8. The van der Waals surface area contributed by atoms with Gasteiger partial charge in [-0.05, 0) is 37.3 Å². The molecule has 1 amide bonds. The number of ether oxygens (including phenoxy) is 1. The highest BCUT2D eigenvalue weighted by molar-refractivity contribution is 5.77. The number of carbonyl (C=O) groups excluding carboxylic acids is 2. The van der Waals surface area contributed by atoms with Crippen LogP contribution < -0.4 is 0 Å². The summed E-state index contributed by atoms with van der Waals surface area (Å²) in [7, 11) is 0. The minimum atomic E-state index is -0.370. The Morgan fingerprint density at radius 3 is 2.73 bits per heavy atom. The lowest BCUT2D eigenvalue weighted by Crippen LogP contribution is -2.48. The summed E-state index contributed by atoms with van der Waals surface area (Å²) in [6.45, 7) is 1.91. The van der Waals surface area contributed by atoms with Crippen molar-refractivity contribution in [3.8, 4) is 6.07 Å². The molecule has 1 saturated carbocycles. The minimum Gasteiger partial charge on any atom is -0.465 e. The van der Waals surface area contributed by atoms with Crippen molar-refractivity contribution in [2.75, 3.05) is 19.7 Å². The Balaban J connectivity index is 1.26. The Morgan fingerprint density at radius 1 is 1.38 bits per heavy atom. The van der Waals surface area contributed by atoms with E-state index in [0.29, 0.717) is 25.4 Å². The lowest BCUT2D eigenvalue weighted by molar-refractivity contribution is -0.138. The number of aromatic nitrogens is 1. The van der Waals surface area contributed by atoms with E-state index in [2.05, 4.69) is 17.1 Å². The van der Waals surface area contributed by atoms with Gasteiger partial charge in [0.05, 0.1) is 30.2 Å². The van der Waals surface area contributed by atoms with E-state index in [-0.39, 0.29) is 23.2 Å². The number of cyclic esters (lactones) is 1. The third-order valence-corrected chi connectivity index (χ3v) is 6.11. The Labute approximate surface area is 153 Å². The topological polar surface area (TPSA) is 83.3 Å². The summed E-state index contributed by atoms with van der Waals surface area (Å²) in [4.78, 5) is 29.8. The van der Waals surface area contributed by atoms with Gasteiger partial charge in [-0.15, -0.1) is 0 Å². The van der Waals surface area contributed by atoms with Crippen LogP contribution in [-0.2, 0) is 19.7 Å². The van der Waals surface area contributed by atoms with Crippen LogP contribution in [0.1, 0.15) is 55.7 Å². The minimum absolute atomic E-state index is 0.150. The molecule has 2 saturated heterocycles. The number of pyridine rings is 1. The maximum Gasteiger partial charge on any atom is 0.306 e. The summed E-state index contributed by atoms with van der Waals surface area (Å²) in [5.41, 5.74) is 1.65. The summed E-state index contributed by atoms with van der Waals surface area (Å²) < 4.78 is 4.94. The Hall–Kier alpha value is -2.42. The van der Waals surface area contributed by atoms with E-state index >= 15 is 0 Å². The van der Waals surface area contributed by atoms with Crippen LogP contribution in [0.5, 0.6) is 0 Å². The number of nitrogens with zero attached hydrogens (tertiary/aromatic N) is 3. The summed E-state index contributed by atoms with van der Waals surface area (Å²) in [5.74, 6) is 0.529. The average molecular weight is 353 g/mol. The highest BCUT2D eigenvalue weighted by Crippen LogP contribution is 2.42. The summed E-state index contributed by atoms with van der Waals surface area (Å²) in [6, 6.07) is 6.47. The molecule has 1 aliphatic carbocycles. The molecular formula is C20H23N3O3. The smallest absolute Gasteiger partial charge is 0.306 e. The molecule has 1 atom stereocenters. The second kappa shape index (κ2) is 6.71. The quantitative estimate of drug-likeness (QED) is 0.759. The fraction of sp³-hybridized carbons (Fsp3) is 0.600. The highest BCUT2D eigenvalue weighted by Gasteiger charge is 2.40. The van der Waals surface area contributed by atoms with Crippen LogP contribution in [0.3, 0.4) is 0 Å². The first-order valence-corrected chi connectivity index (χ1v) is 9.41. The molecular weight excluding hydrogens is 330 g/mol. The van der Waals surface area contributed by atoms with Crippen molar-refractivity contribution in [1.82, 2.24) is 9.88 Å². The lowest BCUT2D eigenvalue weighted by atomic mass is 9.67. The number of nitriles is 1. The van der Waals surface area contributed by atoms with E-state index in [0.717, 1.165) is 50.0 Å². The van der Waals surface area contributed by atoms with E-state index in [1.807, 2.05) is 17.2 Å². The van der Waals surface area contributed by atoms with Crippen molar-refractivity contribution in [3.05, 3.63) is 29.6 Å². The number of rotatable bonds is 5. The van der Waals surface area contributed by atoms with Gasteiger partial charge in [0.2, 0.25) is 5.91 Å². The van der Waals surface area contributed by atoms with Gasteiger partial charge in [0.25, 0.3) is 0 Å². The van der Waals surface area contributed by atoms with Gasteiger partial charge in [-0.25, -0.2) is 0 Å². The second-order valence-electron chi connectivity index (χ2n) is 7.81. The molecule has 6 nitrogen and oxygen atoms in total. The van der Waals surface area contributed by atoms with E-state index < -0.39 is 0 Å². The largest absolute Gasteiger partial charge is 0.465 e. The number of esters is 1. The highest BCUT2D eigenvalue weighted by atomic mass is 16.5. The summed E-state index contributed by atoms with van der Waals surface area (Å²) >= 11 is 0. The van der Waals surface area contributed by atoms with Crippen molar-refractivity contribution >= 4 is 11.9 Å². The van der Waals surface area contributed by atoms with Gasteiger partial charge in [-0.3, -0.25) is 14.6 Å². The predicted octanol–water partition coefficient (Wildman–Crippen LogP) is 2.30. The van der Waals surface area contributed by atoms with Crippen LogP contribution in [0.4, 0.5) is 0 Å². The molecule has 0 N–H and O–H groups in total. The molecule has 0 unspecified atom stereocenters. The summed E-state index contributed by atoms with van der Waals surface area (Å²) in [5, 5.41) is 9.40. The third kappa shape index (κ3) is 3.07. The maximum absolute atomic E-state index is 12.3. The van der Waals surface area contributed by atoms with Crippen LogP contribution in [0, 0.1) is 17.2 Å². The molecule has 3 heterocycles. The van der Waals surface area contributed by atoms with Crippen molar-refractivity contribution in [1.29, 1.82) is 5.26 Å². The third-order valence-electron chi connectivity index (χ3n) is 6.11. The number of hydrogen-bond donors (Lipinski definition) is 0. The van der Waals surface area contributed by atoms with Gasteiger partial charge in [-0.2, -0.15) is 5.26 Å². The van der Waals surface area contributed by atoms with E-state index in [9.17, 15) is 14.9 Å². The van der Waals surface area contributed by atoms with Gasteiger partial charge in [0, 0.05) is 37.5 Å². The molecule has 0 bridgehead atoms. The fourth-order valence-electron chi connectivity index (χ4n) is 4.01. The van der Waals surface area contributed by atoms with Crippen LogP contribution in [0.2, 0.25) is 0 Å². The van der Waals surface area contributed by atoms with Gasteiger partial charge in [0.15, 0.2) is 0 Å². The van der Waals surface area contributed by atoms with E-state index in [1.54, 1.807) is 0 Å². The molecule has 4 rings (SSSR count). The molecule has 1 aromatic heterocycles. The Kier molecular flexibility index (Phi) is 4.39. The fourth-order valence-corrected chi connectivity index (χ4v) is 4.01. The van der Waals surface area contributed by atoms with Crippen LogP contribution >= 0.6 is 0 Å². The zero-order chi connectivity index (χ0) is 18.1. The van der Waals surface area contributed by atoms with Crippen molar-refractivity contribution in [2.45, 2.75) is 49.9 Å². The number of amides is 1.